The highest BCUT2D eigenvalue weighted by Crippen LogP contribution is 2.43. The standard InChI is InChI=1S/C50H31N4.C28H16Cl2N2.C17H20BNO2.FH/c1-3-7-41-29-43(19-13-33(41)5-1)45-31-46(44-20-14-34-6-2-4-8-42(34)30-44)49-47(32-45)48(39-15-9-35(10-16-39)37-21-25-51-26-22-37)53-50(54-49)40-17-11-36(12-18-40)38-23-27-52-28-24-38;29-27-25-16-23(21-11-9-17-5-1-3-7-19(17)13-21)15-24(26(25)31-28(30)32-27)22-12-10-18-6-2-4-8-20(18)14-22;1-16(2)17(3,4)21-18(20-16)15-7-5-13(6-8-15)14-9-11-19-12-10-14;/h1-17,19-32H;1-16H;5-12H,1-4H3;1H/q+1;;;. The molecule has 19 rings (SSSR count). The normalized spacial score (nSPS) is 13.4. The highest BCUT2D eigenvalue weighted by molar-refractivity contribution is 6.62. The maximum Gasteiger partial charge on any atom is 0.494 e. The zero-order chi connectivity index (χ0) is 72.6. The molecular formula is C95H68BCl2FN7O2+. The van der Waals surface area contributed by atoms with E-state index in [2.05, 4.69) is 295 Å². The second-order valence-corrected chi connectivity index (χ2v) is 28.4. The predicted octanol–water partition coefficient (Wildman–Crippen LogP) is 24.0. The van der Waals surface area contributed by atoms with E-state index < -0.39 is 0 Å². The Bertz CT molecular complexity index is 6350. The van der Waals surface area contributed by atoms with Crippen molar-refractivity contribution < 1.29 is 14.0 Å². The van der Waals surface area contributed by atoms with E-state index in [1.54, 1.807) is 12.4 Å². The van der Waals surface area contributed by atoms with Gasteiger partial charge in [0.05, 0.1) is 39.6 Å². The van der Waals surface area contributed by atoms with E-state index in [0.717, 1.165) is 122 Å². The zero-order valence-electron chi connectivity index (χ0n) is 59.4. The van der Waals surface area contributed by atoms with Crippen LogP contribution >= 0.6 is 23.2 Å². The minimum atomic E-state index is -0.304. The monoisotopic (exact) mass is 1440 g/mol. The molecule has 0 bridgehead atoms. The largest absolute Gasteiger partial charge is 0.494 e. The van der Waals surface area contributed by atoms with Crippen LogP contribution in [0.3, 0.4) is 0 Å². The summed E-state index contributed by atoms with van der Waals surface area (Å²) in [5.41, 5.74) is 20.1. The van der Waals surface area contributed by atoms with Gasteiger partial charge in [-0.2, -0.15) is 9.97 Å². The molecular weight excluding hydrogens is 1370 g/mol. The van der Waals surface area contributed by atoms with Gasteiger partial charge in [0.15, 0.2) is 5.57 Å². The molecule has 1 aliphatic carbocycles. The molecule has 1 saturated heterocycles. The van der Waals surface area contributed by atoms with Gasteiger partial charge in [0.2, 0.25) is 11.1 Å². The second-order valence-electron chi connectivity index (χ2n) is 27.8. The maximum absolute atomic E-state index is 6.54. The molecule has 9 nitrogen and oxygen atoms in total. The van der Waals surface area contributed by atoms with Gasteiger partial charge in [-0.25, -0.2) is 9.97 Å². The Morgan fingerprint density at radius 3 is 1.17 bits per heavy atom. The van der Waals surface area contributed by atoms with E-state index in [1.165, 1.54) is 43.1 Å². The van der Waals surface area contributed by atoms with Crippen molar-refractivity contribution in [2.75, 3.05) is 0 Å². The Hall–Kier alpha value is -12.6. The number of hydrogen-bond donors (Lipinski definition) is 0. The van der Waals surface area contributed by atoms with E-state index in [1.807, 2.05) is 85.5 Å². The smallest absolute Gasteiger partial charge is 0.399 e. The highest BCUT2D eigenvalue weighted by Gasteiger charge is 2.51. The Morgan fingerprint density at radius 1 is 0.333 bits per heavy atom. The highest BCUT2D eigenvalue weighted by atomic mass is 35.5. The molecule has 0 radical (unpaired) electrons. The summed E-state index contributed by atoms with van der Waals surface area (Å²) in [5, 5.41) is 11.8. The second kappa shape index (κ2) is 29.8. The van der Waals surface area contributed by atoms with Crippen LogP contribution in [-0.2, 0) is 9.31 Å². The van der Waals surface area contributed by atoms with Crippen LogP contribution < -0.4 is 5.46 Å². The number of benzene rings is 12. The lowest BCUT2D eigenvalue weighted by Gasteiger charge is -2.32. The molecule has 0 atom stereocenters. The van der Waals surface area contributed by atoms with E-state index >= 15 is 0 Å². The van der Waals surface area contributed by atoms with Crippen molar-refractivity contribution >= 4 is 112 Å². The summed E-state index contributed by atoms with van der Waals surface area (Å²) in [6.45, 7) is 8.27. The number of rotatable bonds is 10. The fourth-order valence-corrected chi connectivity index (χ4v) is 14.4. The maximum atomic E-state index is 6.54. The molecule has 0 amide bonds. The first-order chi connectivity index (χ1) is 52.3. The van der Waals surface area contributed by atoms with Gasteiger partial charge in [-0.1, -0.05) is 206 Å². The summed E-state index contributed by atoms with van der Waals surface area (Å²) in [7, 11) is -0.304. The summed E-state index contributed by atoms with van der Waals surface area (Å²) < 4.78 is 12.1. The molecule has 108 heavy (non-hydrogen) atoms. The summed E-state index contributed by atoms with van der Waals surface area (Å²) in [5.74, 6) is 0.623. The van der Waals surface area contributed by atoms with Crippen molar-refractivity contribution in [1.29, 1.82) is 0 Å². The predicted molar refractivity (Wildman–Crippen MR) is 445 cm³/mol. The first-order valence-corrected chi connectivity index (χ1v) is 36.3. The lowest BCUT2D eigenvalue weighted by molar-refractivity contribution is 0.00578. The average Bonchev–Trinajstić information content (AvgIpc) is 1.73. The van der Waals surface area contributed by atoms with Crippen LogP contribution in [0.15, 0.2) is 334 Å². The number of aromatic nitrogens is 7. The third kappa shape index (κ3) is 14.3. The molecule has 2 aliphatic rings. The van der Waals surface area contributed by atoms with Crippen molar-refractivity contribution in [1.82, 2.24) is 34.9 Å². The number of nitrogens with zero attached hydrogens (tertiary/aromatic N) is 7. The molecule has 518 valence electrons. The fourth-order valence-electron chi connectivity index (χ4n) is 14.0. The van der Waals surface area contributed by atoms with E-state index in [-0.39, 0.29) is 28.3 Å². The average molecular weight is 1440 g/mol. The summed E-state index contributed by atoms with van der Waals surface area (Å²) in [6.07, 6.45) is 20.6. The molecule has 0 unspecified atom stereocenters. The number of allylic oxidation sites excluding steroid dienone is 6. The van der Waals surface area contributed by atoms with Gasteiger partial charge in [0.25, 0.3) is 0 Å². The number of fused-ring (bicyclic) bond motifs is 6. The summed E-state index contributed by atoms with van der Waals surface area (Å²) >= 11 is 12.7. The molecule has 1 aliphatic heterocycles. The molecule has 1 fully saturated rings. The molecule has 0 saturated carbocycles. The topological polar surface area (TPSA) is 109 Å². The van der Waals surface area contributed by atoms with Gasteiger partial charge in [-0.05, 0) is 228 Å². The molecule has 0 spiro atoms. The minimum absolute atomic E-state index is 0. The van der Waals surface area contributed by atoms with Crippen LogP contribution in [0.5, 0.6) is 0 Å². The van der Waals surface area contributed by atoms with Crippen molar-refractivity contribution in [3.05, 3.63) is 362 Å². The Balaban J connectivity index is 0.000000139. The quantitative estimate of drug-likeness (QED) is 0.0572. The van der Waals surface area contributed by atoms with Gasteiger partial charge in [-0.15, -0.1) is 0 Å². The summed E-state index contributed by atoms with van der Waals surface area (Å²) in [4.78, 5) is 31.9. The van der Waals surface area contributed by atoms with E-state index in [0.29, 0.717) is 11.0 Å². The van der Waals surface area contributed by atoms with Gasteiger partial charge in [0.1, 0.15) is 5.15 Å². The molecule has 17 aromatic rings. The van der Waals surface area contributed by atoms with Crippen LogP contribution in [0, 0.1) is 6.08 Å². The van der Waals surface area contributed by atoms with Crippen LogP contribution in [-0.4, -0.2) is 53.2 Å². The van der Waals surface area contributed by atoms with Crippen molar-refractivity contribution in [3.63, 3.8) is 0 Å². The third-order valence-electron chi connectivity index (χ3n) is 20.5. The Morgan fingerprint density at radius 2 is 0.713 bits per heavy atom. The lowest BCUT2D eigenvalue weighted by Crippen LogP contribution is -2.41. The third-order valence-corrected chi connectivity index (χ3v) is 21.0. The Kier molecular flexibility index (Phi) is 19.2. The van der Waals surface area contributed by atoms with E-state index in [4.69, 9.17) is 42.5 Å². The first-order valence-electron chi connectivity index (χ1n) is 35.6. The Labute approximate surface area is 635 Å². The number of hydrogen-bond acceptors (Lipinski definition) is 9. The van der Waals surface area contributed by atoms with Gasteiger partial charge >= 0.3 is 7.12 Å². The van der Waals surface area contributed by atoms with Crippen LogP contribution in [0.1, 0.15) is 39.1 Å². The molecule has 5 aromatic heterocycles. The van der Waals surface area contributed by atoms with Gasteiger partial charge < -0.3 is 9.31 Å². The summed E-state index contributed by atoms with van der Waals surface area (Å²) in [6, 6.07) is 97.8. The first kappa shape index (κ1) is 69.8. The lowest BCUT2D eigenvalue weighted by atomic mass is 9.78. The van der Waals surface area contributed by atoms with Crippen molar-refractivity contribution in [2.45, 2.75) is 38.9 Å². The van der Waals surface area contributed by atoms with E-state index in [9.17, 15) is 0 Å². The molecule has 0 N–H and O–H groups in total. The zero-order valence-corrected chi connectivity index (χ0v) is 61.0. The SMILES string of the molecule is CC1(C)OB(c2ccc(-c3ccncc3)cc2)OC1(C)C.Clc1nc(Cl)c2cc(-c3ccc4ccccc4c3)cc(-c3ccc4ccccc4c3)c2n1.F.[C+]1=C(c2nc(-c3ccc(-c4ccncc4)cc3)c3cc(-c4ccc5ccccc5c4)cc(-c4ccc5ccccc5c4)c3n2)C=CC(c2ccncc2)=C1. The number of pyridine rings is 3. The van der Waals surface area contributed by atoms with Crippen LogP contribution in [0.4, 0.5) is 4.70 Å². The van der Waals surface area contributed by atoms with Gasteiger partial charge in [0, 0.05) is 88.4 Å². The van der Waals surface area contributed by atoms with Gasteiger partial charge in [-0.3, -0.25) is 19.7 Å². The molecule has 12 aromatic carbocycles. The van der Waals surface area contributed by atoms with Crippen LogP contribution in [0.25, 0.3) is 154 Å². The number of halogens is 3. The van der Waals surface area contributed by atoms with Crippen molar-refractivity contribution in [3.8, 4) is 78.0 Å². The fraction of sp³-hybridized carbons (Fsp3) is 0.0632. The van der Waals surface area contributed by atoms with Crippen LogP contribution in [0.2, 0.25) is 10.4 Å². The molecule has 6 heterocycles. The minimum Gasteiger partial charge on any atom is -0.399 e. The van der Waals surface area contributed by atoms with Crippen molar-refractivity contribution in [2.24, 2.45) is 0 Å². The molecule has 13 heteroatoms.